The zero-order chi connectivity index (χ0) is 22.9. The number of methoxy groups -OCH3 is 1. The van der Waals surface area contributed by atoms with Crippen LogP contribution in [0.3, 0.4) is 0 Å². The topological polar surface area (TPSA) is 80.0 Å². The van der Waals surface area contributed by atoms with Gasteiger partial charge in [0.1, 0.15) is 23.3 Å². The lowest BCUT2D eigenvalue weighted by Gasteiger charge is -2.24. The van der Waals surface area contributed by atoms with Crippen molar-refractivity contribution in [1.29, 1.82) is 0 Å². The summed E-state index contributed by atoms with van der Waals surface area (Å²) in [6, 6.07) is 15.7. The average Bonchev–Trinajstić information content (AvgIpc) is 3.46. The summed E-state index contributed by atoms with van der Waals surface area (Å²) in [6.07, 6.45) is 5.72. The summed E-state index contributed by atoms with van der Waals surface area (Å²) in [5, 5.41) is 11.3. The first kappa shape index (κ1) is 21.1. The van der Waals surface area contributed by atoms with Crippen molar-refractivity contribution < 1.29 is 23.8 Å². The summed E-state index contributed by atoms with van der Waals surface area (Å²) in [5.74, 6) is -0.537. The Morgan fingerprint density at radius 3 is 2.61 bits per heavy atom. The van der Waals surface area contributed by atoms with Crippen molar-refractivity contribution in [1.82, 2.24) is 4.90 Å². The van der Waals surface area contributed by atoms with E-state index < -0.39 is 17.7 Å². The second-order valence-electron chi connectivity index (χ2n) is 8.44. The van der Waals surface area contributed by atoms with Crippen molar-refractivity contribution in [2.75, 3.05) is 7.11 Å². The number of hydrogen-bond acceptors (Lipinski definition) is 5. The SMILES string of the molecule is COc1ccccc1CN1C(=O)C(=O)/C(=C(\O)c2ccc3c(c2)CCCC3)C1c1ccco1. The van der Waals surface area contributed by atoms with Gasteiger partial charge in [-0.1, -0.05) is 30.3 Å². The molecule has 1 unspecified atom stereocenters. The molecule has 1 aromatic heterocycles. The molecule has 1 aliphatic heterocycles. The van der Waals surface area contributed by atoms with Crippen molar-refractivity contribution in [2.24, 2.45) is 0 Å². The molecule has 1 amide bonds. The Kier molecular flexibility index (Phi) is 5.50. The maximum atomic E-state index is 13.2. The Hall–Kier alpha value is -3.80. The Bertz CT molecular complexity index is 1240. The summed E-state index contributed by atoms with van der Waals surface area (Å²) < 4.78 is 11.1. The Balaban J connectivity index is 1.60. The van der Waals surface area contributed by atoms with E-state index in [1.54, 1.807) is 25.3 Å². The van der Waals surface area contributed by atoms with E-state index in [9.17, 15) is 14.7 Å². The summed E-state index contributed by atoms with van der Waals surface area (Å²) in [6.45, 7) is 0.140. The number of nitrogens with zero attached hydrogens (tertiary/aromatic N) is 1. The van der Waals surface area contributed by atoms with Crippen LogP contribution in [0.15, 0.2) is 70.9 Å². The van der Waals surface area contributed by atoms with E-state index in [1.807, 2.05) is 36.4 Å². The quantitative estimate of drug-likeness (QED) is 0.348. The van der Waals surface area contributed by atoms with Gasteiger partial charge in [0.15, 0.2) is 0 Å². The number of Topliss-reactive ketones (excluding diaryl/α,β-unsaturated/α-hetero) is 1. The van der Waals surface area contributed by atoms with Crippen LogP contribution in [0.1, 0.15) is 46.9 Å². The second-order valence-corrected chi connectivity index (χ2v) is 8.44. The number of aliphatic hydroxyl groups excluding tert-OH is 1. The molecule has 2 aromatic carbocycles. The van der Waals surface area contributed by atoms with Crippen LogP contribution in [0.4, 0.5) is 0 Å². The summed E-state index contributed by atoms with van der Waals surface area (Å²) in [4.78, 5) is 27.8. The number of rotatable bonds is 5. The molecule has 33 heavy (non-hydrogen) atoms. The average molecular weight is 443 g/mol. The van der Waals surface area contributed by atoms with Gasteiger partial charge < -0.3 is 19.2 Å². The lowest BCUT2D eigenvalue weighted by atomic mass is 9.89. The summed E-state index contributed by atoms with van der Waals surface area (Å²) >= 11 is 0. The van der Waals surface area contributed by atoms with Crippen molar-refractivity contribution in [3.8, 4) is 5.75 Å². The monoisotopic (exact) mass is 443 g/mol. The maximum absolute atomic E-state index is 13.2. The molecule has 5 rings (SSSR count). The largest absolute Gasteiger partial charge is 0.507 e. The predicted octanol–water partition coefficient (Wildman–Crippen LogP) is 4.79. The molecule has 6 heteroatoms. The van der Waals surface area contributed by atoms with Crippen LogP contribution in [-0.2, 0) is 29.0 Å². The van der Waals surface area contributed by atoms with Gasteiger partial charge in [0.05, 0.1) is 25.5 Å². The normalized spacial score (nSPS) is 19.5. The number of carbonyl (C=O) groups excluding carboxylic acids is 2. The minimum Gasteiger partial charge on any atom is -0.507 e. The summed E-state index contributed by atoms with van der Waals surface area (Å²) in [7, 11) is 1.56. The number of aryl methyl sites for hydroxylation is 2. The number of aliphatic hydroxyl groups is 1. The maximum Gasteiger partial charge on any atom is 0.296 e. The highest BCUT2D eigenvalue weighted by molar-refractivity contribution is 6.46. The van der Waals surface area contributed by atoms with Gasteiger partial charge in [-0.05, 0) is 61.1 Å². The van der Waals surface area contributed by atoms with Gasteiger partial charge in [0, 0.05) is 11.1 Å². The van der Waals surface area contributed by atoms with E-state index in [0.717, 1.165) is 31.2 Å². The number of fused-ring (bicyclic) bond motifs is 1. The summed E-state index contributed by atoms with van der Waals surface area (Å²) in [5.41, 5.74) is 3.80. The van der Waals surface area contributed by atoms with Crippen LogP contribution in [0.2, 0.25) is 0 Å². The van der Waals surface area contributed by atoms with Gasteiger partial charge >= 0.3 is 0 Å². The minimum absolute atomic E-state index is 0.0422. The zero-order valence-electron chi connectivity index (χ0n) is 18.4. The number of hydrogen-bond donors (Lipinski definition) is 1. The van der Waals surface area contributed by atoms with Gasteiger partial charge in [-0.3, -0.25) is 9.59 Å². The fraction of sp³-hybridized carbons (Fsp3) is 0.259. The third-order valence-electron chi connectivity index (χ3n) is 6.51. The molecule has 1 N–H and O–H groups in total. The fourth-order valence-corrected chi connectivity index (χ4v) is 4.84. The van der Waals surface area contributed by atoms with Crippen molar-refractivity contribution in [2.45, 2.75) is 38.3 Å². The van der Waals surface area contributed by atoms with Gasteiger partial charge in [-0.2, -0.15) is 0 Å². The van der Waals surface area contributed by atoms with Gasteiger partial charge in [-0.25, -0.2) is 0 Å². The van der Waals surface area contributed by atoms with E-state index in [2.05, 4.69) is 0 Å². The number of ketones is 1. The number of amides is 1. The van der Waals surface area contributed by atoms with Crippen LogP contribution in [0, 0.1) is 0 Å². The molecule has 0 radical (unpaired) electrons. The first-order chi connectivity index (χ1) is 16.1. The number of carbonyl (C=O) groups is 2. The Morgan fingerprint density at radius 2 is 1.85 bits per heavy atom. The number of likely N-dealkylation sites (tertiary alicyclic amines) is 1. The van der Waals surface area contributed by atoms with Crippen LogP contribution in [0.25, 0.3) is 5.76 Å². The number of ether oxygens (including phenoxy) is 1. The van der Waals surface area contributed by atoms with E-state index in [-0.39, 0.29) is 17.9 Å². The van der Waals surface area contributed by atoms with E-state index in [1.165, 1.54) is 22.3 Å². The Labute approximate surface area is 192 Å². The van der Waals surface area contributed by atoms with Gasteiger partial charge in [0.2, 0.25) is 0 Å². The van der Waals surface area contributed by atoms with Crippen LogP contribution in [-0.4, -0.2) is 28.8 Å². The Morgan fingerprint density at radius 1 is 1.06 bits per heavy atom. The van der Waals surface area contributed by atoms with E-state index in [4.69, 9.17) is 9.15 Å². The van der Waals surface area contributed by atoms with Gasteiger partial charge in [0.25, 0.3) is 11.7 Å². The first-order valence-electron chi connectivity index (χ1n) is 11.1. The van der Waals surface area contributed by atoms with Crippen LogP contribution >= 0.6 is 0 Å². The molecular weight excluding hydrogens is 418 g/mol. The molecule has 0 bridgehead atoms. The minimum atomic E-state index is -0.832. The molecule has 0 spiro atoms. The smallest absolute Gasteiger partial charge is 0.296 e. The van der Waals surface area contributed by atoms with Crippen LogP contribution < -0.4 is 4.74 Å². The third kappa shape index (κ3) is 3.71. The number of para-hydroxylation sites is 1. The molecule has 1 fully saturated rings. The standard InChI is InChI=1S/C27H25NO5/c1-32-21-10-5-4-9-20(21)16-28-24(22-11-6-14-33-22)23(26(30)27(28)31)25(29)19-13-12-17-7-2-3-8-18(17)15-19/h4-6,9-15,24,29H,2-3,7-8,16H2,1H3/b25-23-. The molecule has 2 heterocycles. The van der Waals surface area contributed by atoms with Gasteiger partial charge in [-0.15, -0.1) is 0 Å². The lowest BCUT2D eigenvalue weighted by Crippen LogP contribution is -2.29. The van der Waals surface area contributed by atoms with E-state index in [0.29, 0.717) is 17.1 Å². The van der Waals surface area contributed by atoms with Crippen molar-refractivity contribution in [3.63, 3.8) is 0 Å². The highest BCUT2D eigenvalue weighted by Crippen LogP contribution is 2.41. The molecule has 168 valence electrons. The fourth-order valence-electron chi connectivity index (χ4n) is 4.84. The molecule has 1 saturated heterocycles. The number of furan rings is 1. The van der Waals surface area contributed by atoms with Crippen molar-refractivity contribution in [3.05, 3.63) is 94.4 Å². The van der Waals surface area contributed by atoms with Crippen LogP contribution in [0.5, 0.6) is 5.75 Å². The van der Waals surface area contributed by atoms with Crippen molar-refractivity contribution >= 4 is 17.4 Å². The molecule has 1 atom stereocenters. The zero-order valence-corrected chi connectivity index (χ0v) is 18.4. The predicted molar refractivity (Wildman–Crippen MR) is 123 cm³/mol. The third-order valence-corrected chi connectivity index (χ3v) is 6.51. The highest BCUT2D eigenvalue weighted by atomic mass is 16.5. The molecule has 3 aromatic rings. The molecular formula is C27H25NO5. The number of benzene rings is 2. The van der Waals surface area contributed by atoms with E-state index >= 15 is 0 Å². The lowest BCUT2D eigenvalue weighted by molar-refractivity contribution is -0.140. The molecule has 6 nitrogen and oxygen atoms in total. The first-order valence-corrected chi connectivity index (χ1v) is 11.1. The molecule has 0 saturated carbocycles. The highest BCUT2D eigenvalue weighted by Gasteiger charge is 2.47. The molecule has 1 aliphatic carbocycles. The molecule has 2 aliphatic rings. The second kappa shape index (κ2) is 8.62.